The molecule has 0 spiro atoms. The number of nitrogens with zero attached hydrogens (tertiary/aromatic N) is 2. The van der Waals surface area contributed by atoms with Crippen LogP contribution in [-0.2, 0) is 10.3 Å². The molecule has 4 nitrogen and oxygen atoms in total. The number of pyridine rings is 1. The molecule has 4 heteroatoms. The molecule has 0 saturated heterocycles. The summed E-state index contributed by atoms with van der Waals surface area (Å²) in [5, 5.41) is 9.65. The highest BCUT2D eigenvalue weighted by Crippen LogP contribution is 2.34. The molecule has 1 unspecified atom stereocenters. The summed E-state index contributed by atoms with van der Waals surface area (Å²) in [6.07, 6.45) is 7.87. The zero-order chi connectivity index (χ0) is 13.2. The SMILES string of the molecule is CN(C1CCCC1)C(C)(C(=O)O)c1ccncc1. The lowest BCUT2D eigenvalue weighted by molar-refractivity contribution is -0.152. The van der Waals surface area contributed by atoms with Gasteiger partial charge in [0, 0.05) is 18.4 Å². The molecule has 1 aromatic heterocycles. The Morgan fingerprint density at radius 2 is 1.94 bits per heavy atom. The first-order valence-corrected chi connectivity index (χ1v) is 6.43. The maximum absolute atomic E-state index is 11.8. The van der Waals surface area contributed by atoms with Crippen LogP contribution in [0.3, 0.4) is 0 Å². The van der Waals surface area contributed by atoms with E-state index < -0.39 is 11.5 Å². The highest BCUT2D eigenvalue weighted by molar-refractivity contribution is 5.80. The van der Waals surface area contributed by atoms with E-state index in [9.17, 15) is 9.90 Å². The number of likely N-dealkylation sites (N-methyl/N-ethyl adjacent to an activating group) is 1. The minimum absolute atomic E-state index is 0.360. The fraction of sp³-hybridized carbons (Fsp3) is 0.571. The number of aliphatic carboxylic acids is 1. The van der Waals surface area contributed by atoms with Crippen LogP contribution in [0.4, 0.5) is 0 Å². The zero-order valence-electron chi connectivity index (χ0n) is 11.0. The van der Waals surface area contributed by atoms with Gasteiger partial charge in [-0.05, 0) is 44.5 Å². The van der Waals surface area contributed by atoms with E-state index in [-0.39, 0.29) is 0 Å². The van der Waals surface area contributed by atoms with Gasteiger partial charge in [-0.25, -0.2) is 4.79 Å². The van der Waals surface area contributed by atoms with Crippen LogP contribution >= 0.6 is 0 Å². The third kappa shape index (κ3) is 2.12. The molecule has 0 aliphatic heterocycles. The number of hydrogen-bond acceptors (Lipinski definition) is 3. The first kappa shape index (κ1) is 13.0. The number of aromatic nitrogens is 1. The second kappa shape index (κ2) is 5.06. The lowest BCUT2D eigenvalue weighted by Crippen LogP contribution is -2.51. The average molecular weight is 248 g/mol. The highest BCUT2D eigenvalue weighted by atomic mass is 16.4. The third-order valence-electron chi connectivity index (χ3n) is 4.24. The van der Waals surface area contributed by atoms with Gasteiger partial charge < -0.3 is 5.11 Å². The molecule has 1 fully saturated rings. The van der Waals surface area contributed by atoms with Crippen molar-refractivity contribution in [2.75, 3.05) is 7.05 Å². The van der Waals surface area contributed by atoms with E-state index in [2.05, 4.69) is 4.98 Å². The second-order valence-corrected chi connectivity index (χ2v) is 5.16. The van der Waals surface area contributed by atoms with Gasteiger partial charge in [0.25, 0.3) is 0 Å². The van der Waals surface area contributed by atoms with E-state index in [1.807, 2.05) is 11.9 Å². The molecule has 0 bridgehead atoms. The minimum atomic E-state index is -0.974. The van der Waals surface area contributed by atoms with Crippen molar-refractivity contribution in [3.8, 4) is 0 Å². The maximum Gasteiger partial charge on any atom is 0.328 e. The molecule has 0 radical (unpaired) electrons. The van der Waals surface area contributed by atoms with Crippen molar-refractivity contribution < 1.29 is 9.90 Å². The van der Waals surface area contributed by atoms with Crippen LogP contribution in [0.15, 0.2) is 24.5 Å². The van der Waals surface area contributed by atoms with Gasteiger partial charge in [-0.3, -0.25) is 9.88 Å². The van der Waals surface area contributed by atoms with Gasteiger partial charge in [0.05, 0.1) is 0 Å². The molecule has 0 amide bonds. The topological polar surface area (TPSA) is 53.4 Å². The molecule has 1 aliphatic carbocycles. The van der Waals surface area contributed by atoms with Crippen LogP contribution in [-0.4, -0.2) is 34.0 Å². The van der Waals surface area contributed by atoms with E-state index in [0.717, 1.165) is 18.4 Å². The van der Waals surface area contributed by atoms with E-state index in [1.54, 1.807) is 31.5 Å². The van der Waals surface area contributed by atoms with Crippen molar-refractivity contribution in [1.29, 1.82) is 0 Å². The molecule has 1 atom stereocenters. The maximum atomic E-state index is 11.8. The average Bonchev–Trinajstić information content (AvgIpc) is 2.91. The molecule has 98 valence electrons. The predicted molar refractivity (Wildman–Crippen MR) is 69.2 cm³/mol. The number of hydrogen-bond donors (Lipinski definition) is 1. The van der Waals surface area contributed by atoms with Crippen molar-refractivity contribution in [3.63, 3.8) is 0 Å². The molecule has 1 N–H and O–H groups in total. The third-order valence-corrected chi connectivity index (χ3v) is 4.24. The first-order chi connectivity index (χ1) is 8.56. The van der Waals surface area contributed by atoms with Crippen molar-refractivity contribution in [2.45, 2.75) is 44.2 Å². The molecule has 0 aromatic carbocycles. The van der Waals surface area contributed by atoms with Crippen LogP contribution < -0.4 is 0 Å². The fourth-order valence-electron chi connectivity index (χ4n) is 2.81. The van der Waals surface area contributed by atoms with Gasteiger partial charge in [0.15, 0.2) is 0 Å². The van der Waals surface area contributed by atoms with Gasteiger partial charge in [-0.2, -0.15) is 0 Å². The van der Waals surface area contributed by atoms with Gasteiger partial charge >= 0.3 is 5.97 Å². The molecule has 18 heavy (non-hydrogen) atoms. The van der Waals surface area contributed by atoms with Crippen molar-refractivity contribution >= 4 is 5.97 Å². The van der Waals surface area contributed by atoms with Crippen LogP contribution in [0, 0.1) is 0 Å². The summed E-state index contributed by atoms with van der Waals surface area (Å²) in [4.78, 5) is 17.7. The van der Waals surface area contributed by atoms with Gasteiger partial charge in [0.2, 0.25) is 0 Å². The Morgan fingerprint density at radius 1 is 1.39 bits per heavy atom. The standard InChI is InChI=1S/C14H20N2O2/c1-14(13(17)18,11-7-9-15-10-8-11)16(2)12-5-3-4-6-12/h7-10,12H,3-6H2,1-2H3,(H,17,18). The summed E-state index contributed by atoms with van der Waals surface area (Å²) in [6.45, 7) is 1.78. The van der Waals surface area contributed by atoms with E-state index in [4.69, 9.17) is 0 Å². The highest BCUT2D eigenvalue weighted by Gasteiger charge is 2.42. The smallest absolute Gasteiger partial charge is 0.328 e. The lowest BCUT2D eigenvalue weighted by atomic mass is 9.89. The summed E-state index contributed by atoms with van der Waals surface area (Å²) in [5.74, 6) is -0.803. The summed E-state index contributed by atoms with van der Waals surface area (Å²) in [6, 6.07) is 3.94. The fourth-order valence-corrected chi connectivity index (χ4v) is 2.81. The Labute approximate surface area is 108 Å². The van der Waals surface area contributed by atoms with Crippen LogP contribution in [0.1, 0.15) is 38.2 Å². The molecular formula is C14H20N2O2. The van der Waals surface area contributed by atoms with Crippen LogP contribution in [0.5, 0.6) is 0 Å². The van der Waals surface area contributed by atoms with Crippen molar-refractivity contribution in [3.05, 3.63) is 30.1 Å². The normalized spacial score (nSPS) is 19.9. The molecule has 1 aliphatic rings. The largest absolute Gasteiger partial charge is 0.480 e. The lowest BCUT2D eigenvalue weighted by Gasteiger charge is -2.39. The van der Waals surface area contributed by atoms with Crippen LogP contribution in [0.2, 0.25) is 0 Å². The summed E-state index contributed by atoms with van der Waals surface area (Å²) in [7, 11) is 1.92. The molecule has 1 saturated carbocycles. The van der Waals surface area contributed by atoms with Crippen LogP contribution in [0.25, 0.3) is 0 Å². The molecule has 1 heterocycles. The number of carboxylic acid groups (broad SMARTS) is 1. The minimum Gasteiger partial charge on any atom is -0.480 e. The summed E-state index contributed by atoms with van der Waals surface area (Å²) in [5.41, 5.74) is -0.183. The summed E-state index contributed by atoms with van der Waals surface area (Å²) >= 11 is 0. The zero-order valence-corrected chi connectivity index (χ0v) is 11.0. The second-order valence-electron chi connectivity index (χ2n) is 5.16. The number of rotatable bonds is 4. The van der Waals surface area contributed by atoms with Gasteiger partial charge in [0.1, 0.15) is 5.54 Å². The first-order valence-electron chi connectivity index (χ1n) is 6.43. The van der Waals surface area contributed by atoms with Crippen molar-refractivity contribution in [2.24, 2.45) is 0 Å². The van der Waals surface area contributed by atoms with Crippen molar-refractivity contribution in [1.82, 2.24) is 9.88 Å². The predicted octanol–water partition coefficient (Wildman–Crippen LogP) is 2.26. The van der Waals surface area contributed by atoms with E-state index in [0.29, 0.717) is 6.04 Å². The monoisotopic (exact) mass is 248 g/mol. The van der Waals surface area contributed by atoms with E-state index >= 15 is 0 Å². The number of carboxylic acids is 1. The van der Waals surface area contributed by atoms with Gasteiger partial charge in [-0.15, -0.1) is 0 Å². The Hall–Kier alpha value is -1.42. The Bertz CT molecular complexity index is 415. The number of carbonyl (C=O) groups is 1. The Morgan fingerprint density at radius 3 is 2.44 bits per heavy atom. The van der Waals surface area contributed by atoms with Gasteiger partial charge in [-0.1, -0.05) is 12.8 Å². The quantitative estimate of drug-likeness (QED) is 0.888. The Balaban J connectivity index is 2.34. The summed E-state index contributed by atoms with van der Waals surface area (Å²) < 4.78 is 0. The molecule has 1 aromatic rings. The molecule has 2 rings (SSSR count). The van der Waals surface area contributed by atoms with E-state index in [1.165, 1.54) is 12.8 Å². The molecular weight excluding hydrogens is 228 g/mol. The Kier molecular flexibility index (Phi) is 3.66.